The molecular weight excluding hydrogens is 150 g/mol. The van der Waals surface area contributed by atoms with E-state index < -0.39 is 0 Å². The van der Waals surface area contributed by atoms with E-state index in [2.05, 4.69) is 11.2 Å². The monoisotopic (exact) mass is 163 g/mol. The van der Waals surface area contributed by atoms with Crippen molar-refractivity contribution in [2.45, 2.75) is 13.8 Å². The Morgan fingerprint density at radius 2 is 2.33 bits per heavy atom. The Morgan fingerprint density at radius 1 is 1.67 bits per heavy atom. The van der Waals surface area contributed by atoms with Gasteiger partial charge >= 0.3 is 0 Å². The summed E-state index contributed by atoms with van der Waals surface area (Å²) < 4.78 is 0. The second-order valence-electron chi connectivity index (χ2n) is 2.10. The predicted octanol–water partition coefficient (Wildman–Crippen LogP) is 1.26. The van der Waals surface area contributed by atoms with Gasteiger partial charge < -0.3 is 5.32 Å². The first kappa shape index (κ1) is 10.5. The Bertz CT molecular complexity index is 243. The summed E-state index contributed by atoms with van der Waals surface area (Å²) in [5.74, 6) is 2.24. The number of amides is 1. The maximum absolute atomic E-state index is 11.2. The maximum Gasteiger partial charge on any atom is 0.250 e. The topological polar surface area (TPSA) is 29.1 Å². The quantitative estimate of drug-likeness (QED) is 0.379. The Balaban J connectivity index is 4.29. The molecule has 0 unspecified atom stereocenters. The van der Waals surface area contributed by atoms with E-state index in [0.29, 0.717) is 12.1 Å². The molecule has 0 spiro atoms. The third-order valence-electron chi connectivity index (χ3n) is 1.27. The minimum Gasteiger partial charge on any atom is -0.352 e. The molecule has 0 saturated heterocycles. The molecule has 2 nitrogen and oxygen atoms in total. The van der Waals surface area contributed by atoms with Crippen LogP contribution in [0.15, 0.2) is 23.8 Å². The van der Waals surface area contributed by atoms with Gasteiger partial charge in [-0.25, -0.2) is 0 Å². The fourth-order valence-corrected chi connectivity index (χ4v) is 0.704. The van der Waals surface area contributed by atoms with Crippen molar-refractivity contribution in [2.24, 2.45) is 0 Å². The summed E-state index contributed by atoms with van der Waals surface area (Å²) in [6, 6.07) is 0. The highest BCUT2D eigenvalue weighted by Crippen LogP contribution is 1.95. The number of hydrogen-bond acceptors (Lipinski definition) is 1. The van der Waals surface area contributed by atoms with Gasteiger partial charge in [-0.1, -0.05) is 12.0 Å². The predicted molar refractivity (Wildman–Crippen MR) is 50.4 cm³/mol. The van der Waals surface area contributed by atoms with Gasteiger partial charge in [0.25, 0.3) is 5.91 Å². The Morgan fingerprint density at radius 3 is 2.75 bits per heavy atom. The molecule has 0 saturated carbocycles. The van der Waals surface area contributed by atoms with Gasteiger partial charge in [-0.3, -0.25) is 4.79 Å². The minimum atomic E-state index is -0.0912. The van der Waals surface area contributed by atoms with Gasteiger partial charge in [0.1, 0.15) is 0 Å². The zero-order valence-electron chi connectivity index (χ0n) is 7.42. The number of likely N-dealkylation sites (N-methyl/N-ethyl adjacent to an activating group) is 1. The lowest BCUT2D eigenvalue weighted by atomic mass is 10.2. The lowest BCUT2D eigenvalue weighted by Crippen LogP contribution is -2.23. The van der Waals surface area contributed by atoms with E-state index in [1.54, 1.807) is 19.1 Å². The normalized spacial score (nSPS) is 11.2. The third kappa shape index (κ3) is 3.62. The second kappa shape index (κ2) is 6.23. The van der Waals surface area contributed by atoms with Crippen molar-refractivity contribution in [1.82, 2.24) is 5.32 Å². The van der Waals surface area contributed by atoms with E-state index in [1.165, 1.54) is 6.08 Å². The van der Waals surface area contributed by atoms with Crippen LogP contribution < -0.4 is 5.32 Å². The SMILES string of the molecule is C#C/C=C\C(=C/C)C(=O)NCC. The molecule has 12 heavy (non-hydrogen) atoms. The van der Waals surface area contributed by atoms with Gasteiger partial charge in [-0.05, 0) is 26.0 Å². The molecule has 0 aliphatic heterocycles. The van der Waals surface area contributed by atoms with Crippen molar-refractivity contribution in [3.63, 3.8) is 0 Å². The first-order valence-electron chi connectivity index (χ1n) is 3.83. The number of carbonyl (C=O) groups excluding carboxylic acids is 1. The van der Waals surface area contributed by atoms with Gasteiger partial charge in [0.15, 0.2) is 0 Å². The number of nitrogens with one attached hydrogen (secondary N) is 1. The van der Waals surface area contributed by atoms with Gasteiger partial charge in [-0.15, -0.1) is 6.42 Å². The van der Waals surface area contributed by atoms with E-state index in [-0.39, 0.29) is 5.91 Å². The zero-order valence-corrected chi connectivity index (χ0v) is 7.42. The van der Waals surface area contributed by atoms with Crippen molar-refractivity contribution in [3.8, 4) is 12.3 Å². The van der Waals surface area contributed by atoms with Crippen LogP contribution in [0.1, 0.15) is 13.8 Å². The Kier molecular flexibility index (Phi) is 5.46. The number of hydrogen-bond donors (Lipinski definition) is 1. The minimum absolute atomic E-state index is 0.0912. The van der Waals surface area contributed by atoms with Gasteiger partial charge in [0.2, 0.25) is 0 Å². The summed E-state index contributed by atoms with van der Waals surface area (Å²) in [4.78, 5) is 11.2. The zero-order chi connectivity index (χ0) is 9.40. The van der Waals surface area contributed by atoms with Crippen LogP contribution >= 0.6 is 0 Å². The molecule has 1 N–H and O–H groups in total. The lowest BCUT2D eigenvalue weighted by Gasteiger charge is -2.00. The van der Waals surface area contributed by atoms with Gasteiger partial charge in [0, 0.05) is 12.1 Å². The highest BCUT2D eigenvalue weighted by Gasteiger charge is 2.01. The van der Waals surface area contributed by atoms with Crippen LogP contribution in [-0.4, -0.2) is 12.5 Å². The van der Waals surface area contributed by atoms with Crippen molar-refractivity contribution in [1.29, 1.82) is 0 Å². The molecule has 0 aromatic carbocycles. The molecule has 0 radical (unpaired) electrons. The molecule has 2 heteroatoms. The van der Waals surface area contributed by atoms with Crippen molar-refractivity contribution >= 4 is 5.91 Å². The molecule has 0 aromatic heterocycles. The standard InChI is InChI=1S/C10H13NO/c1-4-7-8-9(5-2)10(12)11-6-3/h1,5,7-8H,6H2,2-3H3,(H,11,12)/b8-7-,9-5+. The molecule has 0 bridgehead atoms. The van der Waals surface area contributed by atoms with E-state index in [1.807, 2.05) is 6.92 Å². The first-order chi connectivity index (χ1) is 5.76. The van der Waals surface area contributed by atoms with Crippen molar-refractivity contribution in [2.75, 3.05) is 6.54 Å². The summed E-state index contributed by atoms with van der Waals surface area (Å²) >= 11 is 0. The van der Waals surface area contributed by atoms with Crippen LogP contribution in [-0.2, 0) is 4.79 Å². The van der Waals surface area contributed by atoms with Crippen LogP contribution in [0.3, 0.4) is 0 Å². The first-order valence-corrected chi connectivity index (χ1v) is 3.83. The number of allylic oxidation sites excluding steroid dienone is 2. The largest absolute Gasteiger partial charge is 0.352 e. The third-order valence-corrected chi connectivity index (χ3v) is 1.27. The molecule has 1 amide bonds. The van der Waals surface area contributed by atoms with Crippen LogP contribution in [0.25, 0.3) is 0 Å². The smallest absolute Gasteiger partial charge is 0.250 e. The highest BCUT2D eigenvalue weighted by molar-refractivity contribution is 5.96. The molecule has 0 heterocycles. The van der Waals surface area contributed by atoms with Crippen LogP contribution in [0.5, 0.6) is 0 Å². The Hall–Kier alpha value is -1.49. The van der Waals surface area contributed by atoms with E-state index in [0.717, 1.165) is 0 Å². The lowest BCUT2D eigenvalue weighted by molar-refractivity contribution is -0.117. The molecule has 0 rings (SSSR count). The summed E-state index contributed by atoms with van der Waals surface area (Å²) in [7, 11) is 0. The van der Waals surface area contributed by atoms with E-state index in [9.17, 15) is 4.79 Å². The van der Waals surface area contributed by atoms with Crippen molar-refractivity contribution < 1.29 is 4.79 Å². The summed E-state index contributed by atoms with van der Waals surface area (Å²) in [6.07, 6.45) is 9.85. The summed E-state index contributed by atoms with van der Waals surface area (Å²) in [5.41, 5.74) is 0.592. The molecule has 64 valence electrons. The van der Waals surface area contributed by atoms with E-state index >= 15 is 0 Å². The van der Waals surface area contributed by atoms with Crippen LogP contribution in [0.2, 0.25) is 0 Å². The summed E-state index contributed by atoms with van der Waals surface area (Å²) in [5, 5.41) is 2.68. The fourth-order valence-electron chi connectivity index (χ4n) is 0.704. The molecule has 0 fully saturated rings. The van der Waals surface area contributed by atoms with Crippen molar-refractivity contribution in [3.05, 3.63) is 23.8 Å². The molecule has 0 atom stereocenters. The fraction of sp³-hybridized carbons (Fsp3) is 0.300. The molecule has 0 aliphatic carbocycles. The number of rotatable bonds is 3. The maximum atomic E-state index is 11.2. The average molecular weight is 163 g/mol. The average Bonchev–Trinajstić information content (AvgIpc) is 2.06. The van der Waals surface area contributed by atoms with Crippen LogP contribution in [0.4, 0.5) is 0 Å². The molecule has 0 aliphatic rings. The number of terminal acetylenes is 1. The number of carbonyl (C=O) groups is 1. The Labute approximate surface area is 73.4 Å². The van der Waals surface area contributed by atoms with Crippen LogP contribution in [0, 0.1) is 12.3 Å². The van der Waals surface area contributed by atoms with Gasteiger partial charge in [0.05, 0.1) is 0 Å². The highest BCUT2D eigenvalue weighted by atomic mass is 16.1. The molecular formula is C10H13NO. The second-order valence-corrected chi connectivity index (χ2v) is 2.10. The summed E-state index contributed by atoms with van der Waals surface area (Å²) in [6.45, 7) is 4.29. The van der Waals surface area contributed by atoms with Gasteiger partial charge in [-0.2, -0.15) is 0 Å². The molecule has 0 aromatic rings. The van der Waals surface area contributed by atoms with E-state index in [4.69, 9.17) is 6.42 Å².